The summed E-state index contributed by atoms with van der Waals surface area (Å²) in [6.07, 6.45) is 0. The van der Waals surface area contributed by atoms with E-state index in [1.165, 1.54) is 16.7 Å². The Balaban J connectivity index is 0.000000151. The lowest BCUT2D eigenvalue weighted by Gasteiger charge is -2.07. The molecule has 374 valence electrons. The monoisotopic (exact) mass is 983 g/mol. The van der Waals surface area contributed by atoms with Crippen LogP contribution in [0, 0.1) is 20.8 Å². The third-order valence-electron chi connectivity index (χ3n) is 10.2. The van der Waals surface area contributed by atoms with E-state index in [0.717, 1.165) is 57.4 Å². The minimum absolute atomic E-state index is 0.241. The van der Waals surface area contributed by atoms with Crippen molar-refractivity contribution in [3.63, 3.8) is 0 Å². The molecule has 10 rings (SSSR count). The summed E-state index contributed by atoms with van der Waals surface area (Å²) in [6.45, 7) is 7.27. The number of rotatable bonds is 13. The van der Waals surface area contributed by atoms with Gasteiger partial charge in [-0.2, -0.15) is 0 Å². The normalized spacial score (nSPS) is 9.82. The molecule has 0 saturated heterocycles. The highest BCUT2D eigenvalue weighted by atomic mass is 16.5. The van der Waals surface area contributed by atoms with E-state index in [1.807, 2.05) is 225 Å². The lowest BCUT2D eigenvalue weighted by Crippen LogP contribution is -2.08. The quantitative estimate of drug-likeness (QED) is 0.0766. The molecular weight excluding hydrogens is 923 g/mol. The number of ether oxygens (including phenoxy) is 6. The summed E-state index contributed by atoms with van der Waals surface area (Å²) < 4.78 is 33.4. The fraction of sp³-hybridized carbons (Fsp3) is 0.0769. The van der Waals surface area contributed by atoms with E-state index in [-0.39, 0.29) is 11.5 Å². The van der Waals surface area contributed by atoms with Gasteiger partial charge in [-0.25, -0.2) is 0 Å². The van der Waals surface area contributed by atoms with Crippen LogP contribution in [0.2, 0.25) is 0 Å². The molecule has 74 heavy (non-hydrogen) atoms. The number of aromatic hydroxyl groups is 2. The Labute approximate surface area is 434 Å². The Morgan fingerprint density at radius 3 is 0.716 bits per heavy atom. The number of hydrogen-bond donors (Lipinski definition) is 3. The average molecular weight is 984 g/mol. The molecule has 0 aromatic heterocycles. The van der Waals surface area contributed by atoms with E-state index in [2.05, 4.69) is 13.8 Å². The van der Waals surface area contributed by atoms with Crippen LogP contribution < -0.4 is 34.2 Å². The van der Waals surface area contributed by atoms with E-state index in [4.69, 9.17) is 44.4 Å². The van der Waals surface area contributed by atoms with Crippen molar-refractivity contribution in [2.24, 2.45) is 0 Å². The van der Waals surface area contributed by atoms with E-state index < -0.39 is 0 Å². The summed E-state index contributed by atoms with van der Waals surface area (Å²) in [5, 5.41) is 18.2. The third kappa shape index (κ3) is 21.2. The fourth-order valence-electron chi connectivity index (χ4n) is 6.26. The predicted octanol–water partition coefficient (Wildman–Crippen LogP) is 17.0. The molecule has 0 unspecified atom stereocenters. The van der Waals surface area contributed by atoms with Crippen LogP contribution in [0.3, 0.4) is 0 Å². The second-order valence-corrected chi connectivity index (χ2v) is 16.4. The van der Waals surface area contributed by atoms with E-state index in [9.17, 15) is 0 Å². The zero-order valence-electron chi connectivity index (χ0n) is 41.7. The van der Waals surface area contributed by atoms with Gasteiger partial charge in [-0.3, -0.25) is 0 Å². The zero-order valence-corrected chi connectivity index (χ0v) is 41.7. The van der Waals surface area contributed by atoms with E-state index >= 15 is 0 Å². The Hall–Kier alpha value is -9.60. The predicted molar refractivity (Wildman–Crippen MR) is 298 cm³/mol. The van der Waals surface area contributed by atoms with Gasteiger partial charge in [0.2, 0.25) is 0 Å². The van der Waals surface area contributed by atoms with Gasteiger partial charge in [-0.15, -0.1) is 0 Å². The highest BCUT2D eigenvalue weighted by Gasteiger charge is 2.00. The molecule has 10 aromatic rings. The van der Waals surface area contributed by atoms with Crippen molar-refractivity contribution in [1.82, 2.24) is 0 Å². The molecule has 10 aromatic carbocycles. The topological polar surface area (TPSA) is 122 Å². The van der Waals surface area contributed by atoms with Gasteiger partial charge in [0.1, 0.15) is 82.2 Å². The molecule has 9 nitrogen and oxygen atoms in total. The van der Waals surface area contributed by atoms with E-state index in [1.54, 1.807) is 48.5 Å². The number of anilines is 1. The van der Waals surface area contributed by atoms with Gasteiger partial charge < -0.3 is 44.4 Å². The molecule has 0 heterocycles. The summed E-state index contributed by atoms with van der Waals surface area (Å²) in [4.78, 5) is 0. The van der Waals surface area contributed by atoms with Crippen LogP contribution in [0.5, 0.6) is 69.0 Å². The summed E-state index contributed by atoms with van der Waals surface area (Å²) in [5.41, 5.74) is 9.99. The Kier molecular flexibility index (Phi) is 21.9. The lowest BCUT2D eigenvalue weighted by molar-refractivity contribution is 0.217. The zero-order chi connectivity index (χ0) is 52.0. The maximum atomic E-state index is 9.10. The second kappa shape index (κ2) is 30.2. The van der Waals surface area contributed by atoms with Crippen molar-refractivity contribution < 1.29 is 38.6 Å². The molecular formula is C65H61NO8. The molecule has 0 aliphatic rings. The van der Waals surface area contributed by atoms with Gasteiger partial charge in [-0.05, 0) is 178 Å². The molecule has 0 fully saturated rings. The van der Waals surface area contributed by atoms with E-state index in [0.29, 0.717) is 19.0 Å². The number of phenolic OH excluding ortho intramolecular Hbond substituents is 2. The third-order valence-corrected chi connectivity index (χ3v) is 10.2. The Morgan fingerprint density at radius 1 is 0.257 bits per heavy atom. The first kappa shape index (κ1) is 53.7. The molecule has 0 spiro atoms. The van der Waals surface area contributed by atoms with Crippen LogP contribution in [-0.4, -0.2) is 23.4 Å². The van der Waals surface area contributed by atoms with Crippen molar-refractivity contribution in [2.45, 2.75) is 20.8 Å². The van der Waals surface area contributed by atoms with Gasteiger partial charge in [0.15, 0.2) is 0 Å². The second-order valence-electron chi connectivity index (χ2n) is 16.4. The van der Waals surface area contributed by atoms with Crippen molar-refractivity contribution in [3.05, 3.63) is 284 Å². The van der Waals surface area contributed by atoms with Crippen molar-refractivity contribution in [3.8, 4) is 69.0 Å². The Morgan fingerprint density at radius 2 is 0.459 bits per heavy atom. The highest BCUT2D eigenvalue weighted by molar-refractivity contribution is 5.43. The van der Waals surface area contributed by atoms with Gasteiger partial charge in [-0.1, -0.05) is 126 Å². The van der Waals surface area contributed by atoms with Crippen LogP contribution in [0.25, 0.3) is 0 Å². The van der Waals surface area contributed by atoms with Crippen LogP contribution in [0.1, 0.15) is 16.7 Å². The molecule has 0 bridgehead atoms. The molecule has 0 aliphatic carbocycles. The summed E-state index contributed by atoms with van der Waals surface area (Å²) in [6, 6.07) is 83.2. The minimum atomic E-state index is 0.241. The van der Waals surface area contributed by atoms with Crippen molar-refractivity contribution in [2.75, 3.05) is 18.9 Å². The molecule has 0 atom stereocenters. The average Bonchev–Trinajstić information content (AvgIpc) is 3.43. The standard InChI is InChI=1S/C14H14O2.C14H14O.C13H12O2.C12H11NO.C12H10O2/c1-3-7-13(8-4-1)15-11-12-16-14-9-5-2-6-10-14;1-11-3-7-13(8-4-11)15-14-9-5-12(2)6-10-14;1-10-2-6-12(7-3-10)15-13-8-4-11(14)5-9-13;2*13-10-6-8-12(9-7-10)14-11-4-2-1-3-5-11/h1-10H,11-12H2;3-10H,1-2H3;2-9,14H,1H3;1-9H,13H2;1-9,13H. The molecule has 0 saturated carbocycles. The Bertz CT molecular complexity index is 2730. The first-order valence-electron chi connectivity index (χ1n) is 23.9. The number of benzene rings is 10. The maximum Gasteiger partial charge on any atom is 0.127 e. The smallest absolute Gasteiger partial charge is 0.127 e. The number of nitrogens with two attached hydrogens (primary N) is 1. The van der Waals surface area contributed by atoms with Gasteiger partial charge in [0.05, 0.1) is 0 Å². The molecule has 0 amide bonds. The largest absolute Gasteiger partial charge is 0.508 e. The SMILES string of the molecule is Cc1ccc(Oc2ccc(C)cc2)cc1.Cc1ccc(Oc2ccc(O)cc2)cc1.Nc1ccc(Oc2ccccc2)cc1.Oc1ccc(Oc2ccccc2)cc1.c1ccc(OCCOc2ccccc2)cc1. The van der Waals surface area contributed by atoms with Gasteiger partial charge in [0.25, 0.3) is 0 Å². The molecule has 9 heteroatoms. The minimum Gasteiger partial charge on any atom is -0.508 e. The highest BCUT2D eigenvalue weighted by Crippen LogP contribution is 2.26. The first-order chi connectivity index (χ1) is 36.1. The van der Waals surface area contributed by atoms with Gasteiger partial charge >= 0.3 is 0 Å². The first-order valence-corrected chi connectivity index (χ1v) is 23.9. The molecule has 0 aliphatic heterocycles. The maximum absolute atomic E-state index is 9.10. The lowest BCUT2D eigenvalue weighted by atomic mass is 10.2. The van der Waals surface area contributed by atoms with Crippen LogP contribution >= 0.6 is 0 Å². The summed E-state index contributed by atoms with van der Waals surface area (Å²) >= 11 is 0. The fourth-order valence-corrected chi connectivity index (χ4v) is 6.26. The van der Waals surface area contributed by atoms with Crippen LogP contribution in [-0.2, 0) is 0 Å². The van der Waals surface area contributed by atoms with Crippen LogP contribution in [0.4, 0.5) is 5.69 Å². The summed E-state index contributed by atoms with van der Waals surface area (Å²) in [5.74, 6) is 8.64. The summed E-state index contributed by atoms with van der Waals surface area (Å²) in [7, 11) is 0. The number of nitrogen functional groups attached to an aromatic ring is 1. The van der Waals surface area contributed by atoms with Gasteiger partial charge in [0, 0.05) is 5.69 Å². The molecule has 4 N–H and O–H groups in total. The van der Waals surface area contributed by atoms with Crippen molar-refractivity contribution in [1.29, 1.82) is 0 Å². The van der Waals surface area contributed by atoms with Crippen molar-refractivity contribution >= 4 is 5.69 Å². The van der Waals surface area contributed by atoms with Crippen LogP contribution in [0.15, 0.2) is 267 Å². The number of phenols is 2. The number of hydrogen-bond acceptors (Lipinski definition) is 9. The number of para-hydroxylation sites is 4. The number of aryl methyl sites for hydroxylation is 3. The molecule has 0 radical (unpaired) electrons.